The molecule has 0 heterocycles. The van der Waals surface area contributed by atoms with Gasteiger partial charge in [-0.1, -0.05) is 58.9 Å². The van der Waals surface area contributed by atoms with E-state index in [2.05, 4.69) is 50.4 Å². The number of carboxylic acid groups (broad SMARTS) is 1. The quantitative estimate of drug-likeness (QED) is 0.862. The van der Waals surface area contributed by atoms with Crippen LogP contribution in [0.4, 0.5) is 0 Å². The summed E-state index contributed by atoms with van der Waals surface area (Å²) in [6, 6.07) is 7.91. The molecule has 2 atom stereocenters. The molecule has 0 saturated carbocycles. The van der Waals surface area contributed by atoms with Crippen LogP contribution < -0.4 is 5.32 Å². The molecule has 0 aliphatic carbocycles. The van der Waals surface area contributed by atoms with E-state index in [0.717, 1.165) is 5.56 Å². The Morgan fingerprint density at radius 1 is 1.10 bits per heavy atom. The molecular formula is C17H27NO2. The summed E-state index contributed by atoms with van der Waals surface area (Å²) in [5.74, 6) is -0.734. The van der Waals surface area contributed by atoms with Gasteiger partial charge in [-0.15, -0.1) is 0 Å². The first-order valence-corrected chi connectivity index (χ1v) is 7.22. The second-order valence-electron chi connectivity index (χ2n) is 6.82. The molecule has 3 nitrogen and oxygen atoms in total. The van der Waals surface area contributed by atoms with Crippen molar-refractivity contribution in [2.45, 2.75) is 59.0 Å². The van der Waals surface area contributed by atoms with Crippen LogP contribution >= 0.6 is 0 Å². The standard InChI is InChI=1S/C17H27NO2/c1-11(2)15(16(19)20)18-12(3)13-7-9-14(10-8-13)17(4,5)6/h7-12,15,18H,1-6H3,(H,19,20). The Kier molecular flexibility index (Phi) is 5.35. The zero-order chi connectivity index (χ0) is 15.5. The number of aliphatic carboxylic acids is 1. The fourth-order valence-corrected chi connectivity index (χ4v) is 2.19. The molecule has 0 amide bonds. The first-order chi connectivity index (χ1) is 9.12. The third-order valence-electron chi connectivity index (χ3n) is 3.64. The Bertz CT molecular complexity index is 443. The van der Waals surface area contributed by atoms with Crippen molar-refractivity contribution < 1.29 is 9.90 Å². The molecule has 2 N–H and O–H groups in total. The van der Waals surface area contributed by atoms with E-state index in [1.54, 1.807) is 0 Å². The largest absolute Gasteiger partial charge is 0.480 e. The van der Waals surface area contributed by atoms with Crippen molar-refractivity contribution in [3.63, 3.8) is 0 Å². The third kappa shape index (κ3) is 4.34. The molecule has 0 radical (unpaired) electrons. The minimum absolute atomic E-state index is 0.0209. The van der Waals surface area contributed by atoms with Crippen LogP contribution in [0.5, 0.6) is 0 Å². The van der Waals surface area contributed by atoms with Gasteiger partial charge in [-0.25, -0.2) is 0 Å². The van der Waals surface area contributed by atoms with E-state index < -0.39 is 12.0 Å². The van der Waals surface area contributed by atoms with Crippen molar-refractivity contribution in [1.82, 2.24) is 5.32 Å². The van der Waals surface area contributed by atoms with Gasteiger partial charge >= 0.3 is 5.97 Å². The molecule has 1 aromatic rings. The molecule has 0 aliphatic heterocycles. The SMILES string of the molecule is CC(NC(C(=O)O)C(C)C)c1ccc(C(C)(C)C)cc1. The summed E-state index contributed by atoms with van der Waals surface area (Å²) in [4.78, 5) is 11.2. The number of hydrogen-bond donors (Lipinski definition) is 2. The number of benzene rings is 1. The molecule has 0 aliphatic rings. The van der Waals surface area contributed by atoms with Crippen LogP contribution in [0.25, 0.3) is 0 Å². The minimum Gasteiger partial charge on any atom is -0.480 e. The molecule has 1 rings (SSSR count). The summed E-state index contributed by atoms with van der Waals surface area (Å²) in [6.07, 6.45) is 0. The lowest BCUT2D eigenvalue weighted by atomic mass is 9.86. The van der Waals surface area contributed by atoms with Crippen molar-refractivity contribution in [3.8, 4) is 0 Å². The normalized spacial score (nSPS) is 15.2. The number of carbonyl (C=O) groups is 1. The highest BCUT2D eigenvalue weighted by Crippen LogP contribution is 2.24. The van der Waals surface area contributed by atoms with Crippen LogP contribution in [-0.4, -0.2) is 17.1 Å². The Balaban J connectivity index is 2.82. The summed E-state index contributed by atoms with van der Waals surface area (Å²) in [6.45, 7) is 12.4. The van der Waals surface area contributed by atoms with Crippen molar-refractivity contribution in [2.24, 2.45) is 5.92 Å². The van der Waals surface area contributed by atoms with E-state index in [1.807, 2.05) is 20.8 Å². The van der Waals surface area contributed by atoms with Crippen molar-refractivity contribution in [3.05, 3.63) is 35.4 Å². The Hall–Kier alpha value is -1.35. The number of rotatable bonds is 5. The maximum atomic E-state index is 11.2. The maximum Gasteiger partial charge on any atom is 0.320 e. The zero-order valence-corrected chi connectivity index (χ0v) is 13.4. The van der Waals surface area contributed by atoms with E-state index in [9.17, 15) is 9.90 Å². The molecule has 0 fully saturated rings. The molecule has 0 bridgehead atoms. The fourth-order valence-electron chi connectivity index (χ4n) is 2.19. The topological polar surface area (TPSA) is 49.3 Å². The highest BCUT2D eigenvalue weighted by Gasteiger charge is 2.23. The van der Waals surface area contributed by atoms with Gasteiger partial charge in [0.1, 0.15) is 6.04 Å². The van der Waals surface area contributed by atoms with Crippen molar-refractivity contribution in [2.75, 3.05) is 0 Å². The van der Waals surface area contributed by atoms with Crippen molar-refractivity contribution in [1.29, 1.82) is 0 Å². The summed E-state index contributed by atoms with van der Waals surface area (Å²) >= 11 is 0. The van der Waals surface area contributed by atoms with Crippen molar-refractivity contribution >= 4 is 5.97 Å². The maximum absolute atomic E-state index is 11.2. The zero-order valence-electron chi connectivity index (χ0n) is 13.4. The van der Waals surface area contributed by atoms with Crippen LogP contribution in [0.15, 0.2) is 24.3 Å². The molecule has 0 saturated heterocycles. The average Bonchev–Trinajstić information content (AvgIpc) is 2.34. The first-order valence-electron chi connectivity index (χ1n) is 7.22. The van der Waals surface area contributed by atoms with E-state index in [0.29, 0.717) is 0 Å². The van der Waals surface area contributed by atoms with Gasteiger partial charge in [0.25, 0.3) is 0 Å². The second kappa shape index (κ2) is 6.40. The lowest BCUT2D eigenvalue weighted by Crippen LogP contribution is -2.42. The van der Waals surface area contributed by atoms with Crippen LogP contribution in [0.1, 0.15) is 58.7 Å². The van der Waals surface area contributed by atoms with E-state index in [-0.39, 0.29) is 17.4 Å². The Labute approximate surface area is 122 Å². The lowest BCUT2D eigenvalue weighted by Gasteiger charge is -2.24. The lowest BCUT2D eigenvalue weighted by molar-refractivity contribution is -0.140. The van der Waals surface area contributed by atoms with Crippen LogP contribution in [0, 0.1) is 5.92 Å². The number of carboxylic acids is 1. The molecule has 3 heteroatoms. The number of hydrogen-bond acceptors (Lipinski definition) is 2. The molecule has 0 spiro atoms. The average molecular weight is 277 g/mol. The predicted octanol–water partition coefficient (Wildman–Crippen LogP) is 3.74. The molecule has 112 valence electrons. The molecule has 0 aromatic heterocycles. The van der Waals surface area contributed by atoms with E-state index in [1.165, 1.54) is 5.56 Å². The van der Waals surface area contributed by atoms with Gasteiger partial charge < -0.3 is 5.11 Å². The summed E-state index contributed by atoms with van der Waals surface area (Å²) < 4.78 is 0. The summed E-state index contributed by atoms with van der Waals surface area (Å²) in [5.41, 5.74) is 2.54. The Morgan fingerprint density at radius 2 is 1.60 bits per heavy atom. The van der Waals surface area contributed by atoms with Crippen LogP contribution in [0.3, 0.4) is 0 Å². The number of nitrogens with one attached hydrogen (secondary N) is 1. The molecular weight excluding hydrogens is 250 g/mol. The van der Waals surface area contributed by atoms with Crippen LogP contribution in [0.2, 0.25) is 0 Å². The third-order valence-corrected chi connectivity index (χ3v) is 3.64. The van der Waals surface area contributed by atoms with Gasteiger partial charge in [0, 0.05) is 6.04 Å². The smallest absolute Gasteiger partial charge is 0.320 e. The van der Waals surface area contributed by atoms with E-state index in [4.69, 9.17) is 0 Å². The Morgan fingerprint density at radius 3 is 1.95 bits per heavy atom. The van der Waals surface area contributed by atoms with Gasteiger partial charge in [0.2, 0.25) is 0 Å². The van der Waals surface area contributed by atoms with Gasteiger partial charge in [-0.3, -0.25) is 10.1 Å². The summed E-state index contributed by atoms with van der Waals surface area (Å²) in [5, 5.41) is 12.4. The van der Waals surface area contributed by atoms with Gasteiger partial charge in [0.05, 0.1) is 0 Å². The first kappa shape index (κ1) is 16.7. The predicted molar refractivity (Wildman–Crippen MR) is 83.0 cm³/mol. The van der Waals surface area contributed by atoms with E-state index >= 15 is 0 Å². The molecule has 2 unspecified atom stereocenters. The highest BCUT2D eigenvalue weighted by atomic mass is 16.4. The second-order valence-corrected chi connectivity index (χ2v) is 6.82. The molecule has 1 aromatic carbocycles. The monoisotopic (exact) mass is 277 g/mol. The molecule has 20 heavy (non-hydrogen) atoms. The summed E-state index contributed by atoms with van der Waals surface area (Å²) in [7, 11) is 0. The van der Waals surface area contributed by atoms with Crippen LogP contribution in [-0.2, 0) is 10.2 Å². The highest BCUT2D eigenvalue weighted by molar-refractivity contribution is 5.73. The minimum atomic E-state index is -0.793. The van der Waals surface area contributed by atoms with Gasteiger partial charge in [-0.05, 0) is 29.4 Å². The fraction of sp³-hybridized carbons (Fsp3) is 0.588. The van der Waals surface area contributed by atoms with Gasteiger partial charge in [-0.2, -0.15) is 0 Å². The van der Waals surface area contributed by atoms with Gasteiger partial charge in [0.15, 0.2) is 0 Å².